The normalized spacial score (nSPS) is 11.5. The maximum atomic E-state index is 11.6. The van der Waals surface area contributed by atoms with Crippen LogP contribution in [-0.4, -0.2) is 25.0 Å². The molecular weight excluding hydrogens is 576 g/mol. The minimum absolute atomic E-state index is 0.182. The van der Waals surface area contributed by atoms with Crippen LogP contribution in [0.25, 0.3) is 88.5 Å². The molecule has 0 atom stereocenters. The fraction of sp³-hybridized carbons (Fsp3) is 0. The first-order chi connectivity index (χ1) is 23.2. The van der Waals surface area contributed by atoms with E-state index in [1.807, 2.05) is 91.0 Å². The van der Waals surface area contributed by atoms with Crippen LogP contribution in [0.4, 0.5) is 0 Å². The van der Waals surface area contributed by atoms with E-state index in [4.69, 9.17) is 15.0 Å². The first-order valence-corrected chi connectivity index (χ1v) is 15.5. The minimum Gasteiger partial charge on any atom is -0.505 e. The zero-order valence-electron chi connectivity index (χ0n) is 25.2. The molecule has 0 radical (unpaired) electrons. The van der Waals surface area contributed by atoms with Gasteiger partial charge in [0.1, 0.15) is 11.3 Å². The fourth-order valence-corrected chi connectivity index (χ4v) is 6.65. The van der Waals surface area contributed by atoms with Gasteiger partial charge in [-0.3, -0.25) is 4.98 Å². The Hall–Kier alpha value is -6.46. The van der Waals surface area contributed by atoms with Gasteiger partial charge in [-0.05, 0) is 50.5 Å². The Bertz CT molecular complexity index is 2580. The number of phenolic OH excluding ortho intramolecular Hbond substituents is 1. The van der Waals surface area contributed by atoms with Crippen molar-refractivity contribution < 1.29 is 5.11 Å². The van der Waals surface area contributed by atoms with Gasteiger partial charge < -0.3 is 5.11 Å². The molecule has 0 fully saturated rings. The number of benzene rings is 7. The minimum atomic E-state index is 0.182. The standard InChI is InChI=1S/C42H26N4O/c47-39-35(21-20-26-16-10-24-43-38(26)39)37-30-17-8-7-15-29(30)25-36-31-18-9-19-34(32(31)22-23-33(36)37)42-45-40(27-11-3-1-4-12-27)44-41(46-42)28-13-5-2-6-14-28/h1-25,47H. The summed E-state index contributed by atoms with van der Waals surface area (Å²) in [5, 5.41) is 18.9. The second-order valence-corrected chi connectivity index (χ2v) is 11.6. The van der Waals surface area contributed by atoms with Gasteiger partial charge in [0.05, 0.1) is 0 Å². The van der Waals surface area contributed by atoms with E-state index in [1.165, 1.54) is 0 Å². The highest BCUT2D eigenvalue weighted by Crippen LogP contribution is 2.45. The molecule has 9 aromatic rings. The lowest BCUT2D eigenvalue weighted by molar-refractivity contribution is 0.482. The largest absolute Gasteiger partial charge is 0.505 e. The predicted molar refractivity (Wildman–Crippen MR) is 191 cm³/mol. The molecule has 2 aromatic heterocycles. The van der Waals surface area contributed by atoms with E-state index in [2.05, 4.69) is 59.6 Å². The molecule has 1 N–H and O–H groups in total. The molecule has 0 saturated heterocycles. The second-order valence-electron chi connectivity index (χ2n) is 11.6. The lowest BCUT2D eigenvalue weighted by Crippen LogP contribution is -2.00. The van der Waals surface area contributed by atoms with Crippen LogP contribution in [0, 0.1) is 0 Å². The van der Waals surface area contributed by atoms with Crippen molar-refractivity contribution in [3.63, 3.8) is 0 Å². The average Bonchev–Trinajstić information content (AvgIpc) is 3.14. The Kier molecular flexibility index (Phi) is 6.22. The third-order valence-corrected chi connectivity index (χ3v) is 8.86. The molecule has 5 heteroatoms. The summed E-state index contributed by atoms with van der Waals surface area (Å²) in [7, 11) is 0. The van der Waals surface area contributed by atoms with E-state index >= 15 is 0 Å². The van der Waals surface area contributed by atoms with E-state index < -0.39 is 0 Å². The summed E-state index contributed by atoms with van der Waals surface area (Å²) >= 11 is 0. The molecule has 2 heterocycles. The molecule has 0 saturated carbocycles. The van der Waals surface area contributed by atoms with Gasteiger partial charge in [-0.25, -0.2) is 15.0 Å². The van der Waals surface area contributed by atoms with Crippen LogP contribution in [-0.2, 0) is 0 Å². The number of fused-ring (bicyclic) bond motifs is 5. The molecule has 0 aliphatic carbocycles. The van der Waals surface area contributed by atoms with E-state index in [9.17, 15) is 5.11 Å². The zero-order valence-corrected chi connectivity index (χ0v) is 25.2. The lowest BCUT2D eigenvalue weighted by atomic mass is 9.88. The quantitative estimate of drug-likeness (QED) is 0.160. The third kappa shape index (κ3) is 4.48. The second kappa shape index (κ2) is 10.9. The Balaban J connectivity index is 1.32. The molecule has 0 aliphatic rings. The van der Waals surface area contributed by atoms with Crippen LogP contribution in [0.3, 0.4) is 0 Å². The van der Waals surface area contributed by atoms with Crippen LogP contribution in [0.1, 0.15) is 0 Å². The molecule has 0 bridgehead atoms. The summed E-state index contributed by atoms with van der Waals surface area (Å²) in [5.74, 6) is 2.05. The van der Waals surface area contributed by atoms with Crippen molar-refractivity contribution in [3.8, 4) is 51.0 Å². The number of pyridine rings is 1. The van der Waals surface area contributed by atoms with Crippen molar-refractivity contribution in [2.45, 2.75) is 0 Å². The molecule has 0 aliphatic heterocycles. The van der Waals surface area contributed by atoms with Gasteiger partial charge in [-0.2, -0.15) is 0 Å². The SMILES string of the molecule is Oc1c(-c2c3ccccc3cc3c2ccc2c(-c4nc(-c5ccccc5)nc(-c5ccccc5)n4)cccc23)ccc2cccnc12. The van der Waals surface area contributed by atoms with Gasteiger partial charge in [0.2, 0.25) is 0 Å². The highest BCUT2D eigenvalue weighted by atomic mass is 16.3. The Labute approximate surface area is 270 Å². The fourth-order valence-electron chi connectivity index (χ4n) is 6.65. The third-order valence-electron chi connectivity index (χ3n) is 8.86. The van der Waals surface area contributed by atoms with E-state index in [1.54, 1.807) is 6.20 Å². The highest BCUT2D eigenvalue weighted by molar-refractivity contribution is 6.22. The van der Waals surface area contributed by atoms with Crippen molar-refractivity contribution >= 4 is 43.2 Å². The number of hydrogen-bond donors (Lipinski definition) is 1. The average molecular weight is 603 g/mol. The van der Waals surface area contributed by atoms with Crippen molar-refractivity contribution in [2.75, 3.05) is 0 Å². The van der Waals surface area contributed by atoms with Gasteiger partial charge in [-0.1, -0.05) is 127 Å². The Morgan fingerprint density at radius 3 is 1.81 bits per heavy atom. The summed E-state index contributed by atoms with van der Waals surface area (Å²) in [4.78, 5) is 19.4. The summed E-state index contributed by atoms with van der Waals surface area (Å²) in [6.45, 7) is 0. The molecule has 0 amide bonds. The Morgan fingerprint density at radius 2 is 1.04 bits per heavy atom. The maximum Gasteiger partial charge on any atom is 0.164 e. The number of aromatic nitrogens is 4. The molecule has 9 rings (SSSR count). The van der Waals surface area contributed by atoms with Gasteiger partial charge in [-0.15, -0.1) is 0 Å². The van der Waals surface area contributed by atoms with E-state index in [-0.39, 0.29) is 5.75 Å². The molecule has 0 unspecified atom stereocenters. The van der Waals surface area contributed by atoms with Crippen LogP contribution in [0.5, 0.6) is 5.75 Å². The van der Waals surface area contributed by atoms with Crippen LogP contribution in [0.15, 0.2) is 152 Å². The first kappa shape index (κ1) is 26.9. The maximum absolute atomic E-state index is 11.6. The van der Waals surface area contributed by atoms with Crippen LogP contribution < -0.4 is 0 Å². The molecule has 7 aromatic carbocycles. The van der Waals surface area contributed by atoms with Gasteiger partial charge in [0.15, 0.2) is 17.5 Å². The summed E-state index contributed by atoms with van der Waals surface area (Å²) in [6.07, 6.45) is 1.72. The zero-order chi connectivity index (χ0) is 31.3. The number of aromatic hydroxyl groups is 1. The van der Waals surface area contributed by atoms with Crippen molar-refractivity contribution in [3.05, 3.63) is 152 Å². The lowest BCUT2D eigenvalue weighted by Gasteiger charge is -2.16. The van der Waals surface area contributed by atoms with Gasteiger partial charge in [0, 0.05) is 39.4 Å². The molecule has 0 spiro atoms. The van der Waals surface area contributed by atoms with E-state index in [0.29, 0.717) is 23.0 Å². The van der Waals surface area contributed by atoms with Gasteiger partial charge in [0.25, 0.3) is 0 Å². The van der Waals surface area contributed by atoms with Crippen LogP contribution in [0.2, 0.25) is 0 Å². The number of hydrogen-bond acceptors (Lipinski definition) is 5. The van der Waals surface area contributed by atoms with Crippen molar-refractivity contribution in [1.82, 2.24) is 19.9 Å². The highest BCUT2D eigenvalue weighted by Gasteiger charge is 2.19. The summed E-state index contributed by atoms with van der Waals surface area (Å²) in [5.41, 5.74) is 5.11. The summed E-state index contributed by atoms with van der Waals surface area (Å²) in [6, 6.07) is 49.1. The molecule has 5 nitrogen and oxygen atoms in total. The first-order valence-electron chi connectivity index (χ1n) is 15.5. The number of rotatable bonds is 4. The van der Waals surface area contributed by atoms with Crippen molar-refractivity contribution in [2.24, 2.45) is 0 Å². The predicted octanol–water partition coefficient (Wildman–Crippen LogP) is 10.3. The monoisotopic (exact) mass is 602 g/mol. The smallest absolute Gasteiger partial charge is 0.164 e. The van der Waals surface area contributed by atoms with Crippen molar-refractivity contribution in [1.29, 1.82) is 0 Å². The number of nitrogens with zero attached hydrogens (tertiary/aromatic N) is 4. The van der Waals surface area contributed by atoms with E-state index in [0.717, 1.165) is 65.5 Å². The Morgan fingerprint density at radius 1 is 0.404 bits per heavy atom. The molecule has 47 heavy (non-hydrogen) atoms. The van der Waals surface area contributed by atoms with Gasteiger partial charge >= 0.3 is 0 Å². The molecule has 220 valence electrons. The number of phenols is 1. The topological polar surface area (TPSA) is 71.8 Å². The molecular formula is C42H26N4O. The summed E-state index contributed by atoms with van der Waals surface area (Å²) < 4.78 is 0. The van der Waals surface area contributed by atoms with Crippen LogP contribution >= 0.6 is 0 Å².